The predicted octanol–water partition coefficient (Wildman–Crippen LogP) is 5.60. The van der Waals surface area contributed by atoms with Crippen molar-refractivity contribution in [2.45, 2.75) is 96.4 Å². The van der Waals surface area contributed by atoms with Crippen LogP contribution in [0.4, 0.5) is 0 Å². The molecule has 0 aromatic heterocycles. The molecule has 0 aromatic rings. The summed E-state index contributed by atoms with van der Waals surface area (Å²) in [5, 5.41) is 0. The minimum Gasteiger partial charge on any atom is -0.481 e. The van der Waals surface area contributed by atoms with Gasteiger partial charge in [0.15, 0.2) is 12.4 Å². The number of ether oxygens (including phenoxy) is 2. The summed E-state index contributed by atoms with van der Waals surface area (Å²) in [5.74, 6) is -0.260. The molecule has 4 heteroatoms. The number of hydrogen-bond acceptors (Lipinski definition) is 4. The first-order chi connectivity index (χ1) is 12.3. The van der Waals surface area contributed by atoms with Crippen LogP contribution in [0.5, 0.6) is 0 Å². The number of carbonyl (C=O) groups excluding carboxylic acids is 1. The highest BCUT2D eigenvalue weighted by Crippen LogP contribution is 2.09. The molecule has 25 heavy (non-hydrogen) atoms. The molecule has 0 aromatic carbocycles. The number of esters is 1. The Labute approximate surface area is 154 Å². The number of aliphatic imine (C=N–C) groups is 1. The Morgan fingerprint density at radius 2 is 1.60 bits per heavy atom. The Bertz CT molecular complexity index is 379. The fraction of sp³-hybridized carbons (Fsp3) is 0.810. The summed E-state index contributed by atoms with van der Waals surface area (Å²) in [6.45, 7) is 3.09. The normalized spacial score (nSPS) is 16.4. The summed E-state index contributed by atoms with van der Waals surface area (Å²) in [6, 6.07) is -0.442. The number of unbranched alkanes of at least 4 members (excludes halogenated alkanes) is 11. The van der Waals surface area contributed by atoms with Crippen LogP contribution in [-0.4, -0.2) is 31.6 Å². The quantitative estimate of drug-likeness (QED) is 0.206. The highest BCUT2D eigenvalue weighted by Gasteiger charge is 2.22. The van der Waals surface area contributed by atoms with E-state index < -0.39 is 6.04 Å². The van der Waals surface area contributed by atoms with Crippen molar-refractivity contribution in [3.63, 3.8) is 0 Å². The topological polar surface area (TPSA) is 47.9 Å². The number of allylic oxidation sites excluding steroid dienone is 2. The van der Waals surface area contributed by atoms with Crippen molar-refractivity contribution in [2.75, 3.05) is 13.2 Å². The smallest absolute Gasteiger partial charge is 0.334 e. The number of rotatable bonds is 16. The summed E-state index contributed by atoms with van der Waals surface area (Å²) >= 11 is 0. The van der Waals surface area contributed by atoms with Gasteiger partial charge in [-0.1, -0.05) is 70.4 Å². The van der Waals surface area contributed by atoms with Crippen molar-refractivity contribution in [1.82, 2.24) is 0 Å². The van der Waals surface area contributed by atoms with E-state index in [1.54, 1.807) is 0 Å². The average molecular weight is 352 g/mol. The van der Waals surface area contributed by atoms with E-state index >= 15 is 0 Å². The predicted molar refractivity (Wildman–Crippen MR) is 104 cm³/mol. The fourth-order valence-corrected chi connectivity index (χ4v) is 2.86. The summed E-state index contributed by atoms with van der Waals surface area (Å²) in [7, 11) is 0. The van der Waals surface area contributed by atoms with Gasteiger partial charge in [-0.3, -0.25) is 0 Å². The zero-order chi connectivity index (χ0) is 18.0. The van der Waals surface area contributed by atoms with Gasteiger partial charge in [0.2, 0.25) is 0 Å². The molecule has 0 radical (unpaired) electrons. The molecular weight excluding hydrogens is 314 g/mol. The molecule has 1 heterocycles. The number of hydrogen-bond donors (Lipinski definition) is 0. The van der Waals surface area contributed by atoms with Crippen LogP contribution in [0.15, 0.2) is 17.1 Å². The van der Waals surface area contributed by atoms with Crippen molar-refractivity contribution in [3.8, 4) is 0 Å². The molecule has 1 aliphatic heterocycles. The molecule has 1 aliphatic rings. The average Bonchev–Trinajstić information content (AvgIpc) is 3.16. The maximum atomic E-state index is 11.6. The molecule has 0 amide bonds. The van der Waals surface area contributed by atoms with E-state index in [9.17, 15) is 4.79 Å². The summed E-state index contributed by atoms with van der Waals surface area (Å²) < 4.78 is 10.1. The lowest BCUT2D eigenvalue weighted by molar-refractivity contribution is -0.145. The molecule has 144 valence electrons. The van der Waals surface area contributed by atoms with Crippen molar-refractivity contribution in [3.05, 3.63) is 12.2 Å². The van der Waals surface area contributed by atoms with Crippen LogP contribution >= 0.6 is 0 Å². The Hall–Kier alpha value is -1.32. The van der Waals surface area contributed by atoms with Crippen LogP contribution in [0.2, 0.25) is 0 Å². The standard InChI is InChI=1S/C21H37NO3/c1-2-3-4-5-6-7-8-9-10-11-12-13-14-15-16-17-25-21(23)20-18-24-19-22-20/h9-10,19-20H,2-8,11-18H2,1H3/b10-9-. The van der Waals surface area contributed by atoms with E-state index in [2.05, 4.69) is 24.1 Å². The number of carbonyl (C=O) groups is 1. The summed E-state index contributed by atoms with van der Waals surface area (Å²) in [6.07, 6.45) is 22.5. The van der Waals surface area contributed by atoms with Crippen LogP contribution in [0.1, 0.15) is 90.4 Å². The van der Waals surface area contributed by atoms with Crippen LogP contribution < -0.4 is 0 Å². The Morgan fingerprint density at radius 3 is 2.20 bits per heavy atom. The Balaban J connectivity index is 1.76. The molecule has 1 atom stereocenters. The minimum absolute atomic E-state index is 0.260. The third kappa shape index (κ3) is 12.7. The Morgan fingerprint density at radius 1 is 1.00 bits per heavy atom. The Kier molecular flexibility index (Phi) is 14.0. The van der Waals surface area contributed by atoms with Crippen LogP contribution in [0, 0.1) is 0 Å². The van der Waals surface area contributed by atoms with Gasteiger partial charge >= 0.3 is 5.97 Å². The van der Waals surface area contributed by atoms with Gasteiger partial charge < -0.3 is 9.47 Å². The van der Waals surface area contributed by atoms with Gasteiger partial charge in [-0.2, -0.15) is 0 Å². The summed E-state index contributed by atoms with van der Waals surface area (Å²) in [5.41, 5.74) is 0. The summed E-state index contributed by atoms with van der Waals surface area (Å²) in [4.78, 5) is 15.5. The van der Waals surface area contributed by atoms with Crippen molar-refractivity contribution in [2.24, 2.45) is 4.99 Å². The monoisotopic (exact) mass is 351 g/mol. The third-order valence-electron chi connectivity index (χ3n) is 4.49. The molecular formula is C21H37NO3. The number of nitrogens with zero attached hydrogens (tertiary/aromatic N) is 1. The zero-order valence-corrected chi connectivity index (χ0v) is 16.1. The van der Waals surface area contributed by atoms with Crippen LogP contribution in [-0.2, 0) is 14.3 Å². The van der Waals surface area contributed by atoms with Gasteiger partial charge in [0.1, 0.15) is 6.61 Å². The van der Waals surface area contributed by atoms with E-state index in [-0.39, 0.29) is 5.97 Å². The van der Waals surface area contributed by atoms with E-state index in [1.165, 1.54) is 77.0 Å². The minimum atomic E-state index is -0.442. The lowest BCUT2D eigenvalue weighted by Crippen LogP contribution is -2.23. The van der Waals surface area contributed by atoms with Gasteiger partial charge in [0.05, 0.1) is 6.61 Å². The fourth-order valence-electron chi connectivity index (χ4n) is 2.86. The first-order valence-corrected chi connectivity index (χ1v) is 10.3. The lowest BCUT2D eigenvalue weighted by Gasteiger charge is -2.06. The van der Waals surface area contributed by atoms with Crippen molar-refractivity contribution < 1.29 is 14.3 Å². The van der Waals surface area contributed by atoms with E-state index in [1.807, 2.05) is 0 Å². The van der Waals surface area contributed by atoms with Gasteiger partial charge in [0.25, 0.3) is 0 Å². The SMILES string of the molecule is CCCCCCCC/C=C\CCCCCCCOC(=O)C1COC=N1. The molecule has 0 saturated heterocycles. The van der Waals surface area contributed by atoms with Gasteiger partial charge in [0, 0.05) is 0 Å². The van der Waals surface area contributed by atoms with E-state index in [0.717, 1.165) is 12.8 Å². The maximum absolute atomic E-state index is 11.6. The van der Waals surface area contributed by atoms with Gasteiger partial charge in [-0.15, -0.1) is 0 Å². The second kappa shape index (κ2) is 16.2. The molecule has 0 aliphatic carbocycles. The first kappa shape index (κ1) is 21.7. The highest BCUT2D eigenvalue weighted by molar-refractivity contribution is 5.78. The molecule has 0 fully saturated rings. The molecule has 0 spiro atoms. The molecule has 0 saturated carbocycles. The zero-order valence-electron chi connectivity index (χ0n) is 16.1. The van der Waals surface area contributed by atoms with Crippen molar-refractivity contribution >= 4 is 12.4 Å². The maximum Gasteiger partial charge on any atom is 0.334 e. The highest BCUT2D eigenvalue weighted by atomic mass is 16.5. The first-order valence-electron chi connectivity index (χ1n) is 10.3. The van der Waals surface area contributed by atoms with E-state index in [4.69, 9.17) is 9.47 Å². The largest absolute Gasteiger partial charge is 0.481 e. The van der Waals surface area contributed by atoms with Crippen LogP contribution in [0.3, 0.4) is 0 Å². The second-order valence-corrected chi connectivity index (χ2v) is 6.86. The van der Waals surface area contributed by atoms with Gasteiger partial charge in [-0.25, -0.2) is 9.79 Å². The molecule has 4 nitrogen and oxygen atoms in total. The van der Waals surface area contributed by atoms with E-state index in [0.29, 0.717) is 13.2 Å². The van der Waals surface area contributed by atoms with Gasteiger partial charge in [-0.05, 0) is 32.1 Å². The molecule has 0 bridgehead atoms. The molecule has 1 rings (SSSR count). The van der Waals surface area contributed by atoms with Crippen molar-refractivity contribution in [1.29, 1.82) is 0 Å². The third-order valence-corrected chi connectivity index (χ3v) is 4.49. The molecule has 1 unspecified atom stereocenters. The molecule has 0 N–H and O–H groups in total. The second-order valence-electron chi connectivity index (χ2n) is 6.86. The van der Waals surface area contributed by atoms with Crippen LogP contribution in [0.25, 0.3) is 0 Å². The lowest BCUT2D eigenvalue weighted by atomic mass is 10.1.